The molecule has 1 aliphatic rings. The van der Waals surface area contributed by atoms with Crippen molar-refractivity contribution in [3.8, 4) is 0 Å². The topological polar surface area (TPSA) is 24.1 Å². The molecule has 4 rings (SSSR count). The van der Waals surface area contributed by atoms with Crippen LogP contribution >= 0.6 is 11.3 Å². The fourth-order valence-electron chi connectivity index (χ4n) is 3.69. The monoisotopic (exact) mass is 336 g/mol. The van der Waals surface area contributed by atoms with Crippen LogP contribution in [-0.2, 0) is 6.54 Å². The van der Waals surface area contributed by atoms with Gasteiger partial charge in [-0.1, -0.05) is 48.0 Å². The van der Waals surface area contributed by atoms with Gasteiger partial charge in [-0.3, -0.25) is 0 Å². The standard InChI is InChI=1S/C21H24N2S/c1-15-9-10-20-18(12-15)17(14-24-20)13-23-19-8-5-11-22-21(19)16-6-3-2-4-7-16/h2-4,6-7,9-10,12,14,19,21-23H,5,8,11,13H2,1H3. The predicted octanol–water partition coefficient (Wildman–Crippen LogP) is 4.79. The SMILES string of the molecule is Cc1ccc2scc(CNC3CCCNC3c3ccccc3)c2c1. The van der Waals surface area contributed by atoms with Crippen LogP contribution in [0, 0.1) is 6.92 Å². The molecule has 2 unspecified atom stereocenters. The Morgan fingerprint density at radius 2 is 2.04 bits per heavy atom. The molecule has 2 aromatic carbocycles. The second kappa shape index (κ2) is 7.06. The zero-order valence-electron chi connectivity index (χ0n) is 14.1. The van der Waals surface area contributed by atoms with E-state index in [-0.39, 0.29) is 0 Å². The molecule has 124 valence electrons. The molecule has 0 amide bonds. The summed E-state index contributed by atoms with van der Waals surface area (Å²) in [5.41, 5.74) is 4.15. The molecule has 1 fully saturated rings. The highest BCUT2D eigenvalue weighted by molar-refractivity contribution is 7.17. The third-order valence-electron chi connectivity index (χ3n) is 4.98. The van der Waals surface area contributed by atoms with Crippen molar-refractivity contribution >= 4 is 21.4 Å². The maximum absolute atomic E-state index is 3.83. The average molecular weight is 337 g/mol. The molecule has 0 aliphatic carbocycles. The largest absolute Gasteiger partial charge is 0.309 e. The number of nitrogens with one attached hydrogen (secondary N) is 2. The highest BCUT2D eigenvalue weighted by Crippen LogP contribution is 2.28. The first-order chi connectivity index (χ1) is 11.8. The summed E-state index contributed by atoms with van der Waals surface area (Å²) in [4.78, 5) is 0. The quantitative estimate of drug-likeness (QED) is 0.715. The van der Waals surface area contributed by atoms with Gasteiger partial charge in [0, 0.05) is 23.3 Å². The van der Waals surface area contributed by atoms with E-state index in [0.29, 0.717) is 12.1 Å². The summed E-state index contributed by atoms with van der Waals surface area (Å²) in [6, 6.07) is 18.5. The summed E-state index contributed by atoms with van der Waals surface area (Å²) in [6.07, 6.45) is 2.47. The van der Waals surface area contributed by atoms with Gasteiger partial charge in [0.1, 0.15) is 0 Å². The molecule has 0 bridgehead atoms. The summed E-state index contributed by atoms with van der Waals surface area (Å²) in [7, 11) is 0. The molecule has 2 N–H and O–H groups in total. The van der Waals surface area contributed by atoms with Crippen LogP contribution in [0.4, 0.5) is 0 Å². The van der Waals surface area contributed by atoms with Crippen molar-refractivity contribution in [3.63, 3.8) is 0 Å². The lowest BCUT2D eigenvalue weighted by molar-refractivity contribution is 0.305. The number of hydrogen-bond donors (Lipinski definition) is 2. The Hall–Kier alpha value is -1.68. The highest BCUT2D eigenvalue weighted by atomic mass is 32.1. The Bertz CT molecular complexity index is 809. The van der Waals surface area contributed by atoms with Crippen LogP contribution < -0.4 is 10.6 Å². The molecule has 0 saturated carbocycles. The number of thiophene rings is 1. The van der Waals surface area contributed by atoms with Gasteiger partial charge in [0.05, 0.1) is 0 Å². The molecule has 3 aromatic rings. The minimum atomic E-state index is 0.409. The van der Waals surface area contributed by atoms with E-state index in [1.807, 2.05) is 11.3 Å². The molecule has 1 saturated heterocycles. The number of fused-ring (bicyclic) bond motifs is 1. The number of aryl methyl sites for hydroxylation is 1. The molecule has 0 radical (unpaired) electrons. The number of hydrogen-bond acceptors (Lipinski definition) is 3. The smallest absolute Gasteiger partial charge is 0.0476 e. The first-order valence-electron chi connectivity index (χ1n) is 8.80. The van der Waals surface area contributed by atoms with E-state index < -0.39 is 0 Å². The predicted molar refractivity (Wildman–Crippen MR) is 104 cm³/mol. The van der Waals surface area contributed by atoms with E-state index in [2.05, 4.69) is 71.5 Å². The van der Waals surface area contributed by atoms with Crippen molar-refractivity contribution in [1.82, 2.24) is 10.6 Å². The van der Waals surface area contributed by atoms with Gasteiger partial charge in [-0.05, 0) is 54.3 Å². The van der Waals surface area contributed by atoms with Crippen LogP contribution in [0.2, 0.25) is 0 Å². The van der Waals surface area contributed by atoms with Crippen molar-refractivity contribution in [2.24, 2.45) is 0 Å². The summed E-state index contributed by atoms with van der Waals surface area (Å²) < 4.78 is 1.39. The zero-order valence-corrected chi connectivity index (χ0v) is 14.9. The average Bonchev–Trinajstić information content (AvgIpc) is 3.03. The van der Waals surface area contributed by atoms with Crippen molar-refractivity contribution in [2.45, 2.75) is 38.4 Å². The number of rotatable bonds is 4. The van der Waals surface area contributed by atoms with E-state index in [9.17, 15) is 0 Å². The molecule has 2 nitrogen and oxygen atoms in total. The van der Waals surface area contributed by atoms with E-state index in [0.717, 1.165) is 13.1 Å². The maximum atomic E-state index is 3.83. The Kier molecular flexibility index (Phi) is 4.65. The van der Waals surface area contributed by atoms with Gasteiger partial charge in [0.15, 0.2) is 0 Å². The third kappa shape index (κ3) is 3.25. The second-order valence-corrected chi connectivity index (χ2v) is 7.64. The van der Waals surface area contributed by atoms with E-state index in [4.69, 9.17) is 0 Å². The van der Waals surface area contributed by atoms with Crippen molar-refractivity contribution < 1.29 is 0 Å². The lowest BCUT2D eigenvalue weighted by Gasteiger charge is -2.34. The molecule has 0 spiro atoms. The Morgan fingerprint density at radius 3 is 2.92 bits per heavy atom. The first-order valence-corrected chi connectivity index (χ1v) is 9.68. The van der Waals surface area contributed by atoms with Gasteiger partial charge >= 0.3 is 0 Å². The molecule has 2 atom stereocenters. The molecule has 24 heavy (non-hydrogen) atoms. The number of benzene rings is 2. The second-order valence-electron chi connectivity index (χ2n) is 6.73. The summed E-state index contributed by atoms with van der Waals surface area (Å²) in [6.45, 7) is 4.22. The van der Waals surface area contributed by atoms with Crippen molar-refractivity contribution in [2.75, 3.05) is 6.54 Å². The van der Waals surface area contributed by atoms with Crippen molar-refractivity contribution in [3.05, 3.63) is 70.6 Å². The van der Waals surface area contributed by atoms with E-state index >= 15 is 0 Å². The van der Waals surface area contributed by atoms with Crippen LogP contribution in [0.1, 0.15) is 35.6 Å². The molecule has 1 aliphatic heterocycles. The highest BCUT2D eigenvalue weighted by Gasteiger charge is 2.25. The Balaban J connectivity index is 1.51. The van der Waals surface area contributed by atoms with Gasteiger partial charge in [-0.25, -0.2) is 0 Å². The summed E-state index contributed by atoms with van der Waals surface area (Å²) in [5.74, 6) is 0. The fraction of sp³-hybridized carbons (Fsp3) is 0.333. The van der Waals surface area contributed by atoms with E-state index in [1.165, 1.54) is 39.6 Å². The van der Waals surface area contributed by atoms with Crippen molar-refractivity contribution in [1.29, 1.82) is 0 Å². The first kappa shape index (κ1) is 15.8. The minimum Gasteiger partial charge on any atom is -0.309 e. The Labute approximate surface area is 147 Å². The molecular weight excluding hydrogens is 312 g/mol. The Morgan fingerprint density at radius 1 is 1.17 bits per heavy atom. The van der Waals surface area contributed by atoms with Crippen LogP contribution in [0.25, 0.3) is 10.1 Å². The number of piperidine rings is 1. The fourth-order valence-corrected chi connectivity index (χ4v) is 4.64. The molecule has 1 aromatic heterocycles. The van der Waals surface area contributed by atoms with Crippen LogP contribution in [0.3, 0.4) is 0 Å². The van der Waals surface area contributed by atoms with Crippen LogP contribution in [-0.4, -0.2) is 12.6 Å². The van der Waals surface area contributed by atoms with E-state index in [1.54, 1.807) is 0 Å². The lowest BCUT2D eigenvalue weighted by Crippen LogP contribution is -2.45. The normalized spacial score (nSPS) is 21.2. The van der Waals surface area contributed by atoms with Gasteiger partial charge in [-0.15, -0.1) is 11.3 Å². The van der Waals surface area contributed by atoms with Gasteiger partial charge < -0.3 is 10.6 Å². The van der Waals surface area contributed by atoms with Crippen LogP contribution in [0.15, 0.2) is 53.9 Å². The van der Waals surface area contributed by atoms with Crippen LogP contribution in [0.5, 0.6) is 0 Å². The maximum Gasteiger partial charge on any atom is 0.0476 e. The summed E-state index contributed by atoms with van der Waals surface area (Å²) in [5, 5.41) is 11.3. The van der Waals surface area contributed by atoms with Gasteiger partial charge in [0.25, 0.3) is 0 Å². The van der Waals surface area contributed by atoms with Gasteiger partial charge in [0.2, 0.25) is 0 Å². The lowest BCUT2D eigenvalue weighted by atomic mass is 9.92. The molecule has 3 heteroatoms. The van der Waals surface area contributed by atoms with Gasteiger partial charge in [-0.2, -0.15) is 0 Å². The third-order valence-corrected chi connectivity index (χ3v) is 5.99. The zero-order chi connectivity index (χ0) is 16.4. The minimum absolute atomic E-state index is 0.409. The molecule has 2 heterocycles. The molecular formula is C21H24N2S. The summed E-state index contributed by atoms with van der Waals surface area (Å²) >= 11 is 1.85.